The van der Waals surface area contributed by atoms with Gasteiger partial charge >= 0.3 is 0 Å². The third-order valence-corrected chi connectivity index (χ3v) is 8.68. The smallest absolute Gasteiger partial charge is 0.123 e. The van der Waals surface area contributed by atoms with Gasteiger partial charge in [-0.25, -0.2) is 8.78 Å². The van der Waals surface area contributed by atoms with E-state index in [0.717, 1.165) is 11.1 Å². The number of allylic oxidation sites excluding steroid dienone is 2. The fraction of sp³-hybridized carbons (Fsp3) is 0.304. The Hall–Kier alpha value is -4.70. The van der Waals surface area contributed by atoms with Gasteiger partial charge in [0.1, 0.15) is 11.6 Å². The van der Waals surface area contributed by atoms with Gasteiger partial charge in [0.25, 0.3) is 0 Å². The Bertz CT molecular complexity index is 1970. The van der Waals surface area contributed by atoms with Crippen LogP contribution in [0.15, 0.2) is 109 Å². The van der Waals surface area contributed by atoms with E-state index < -0.39 is 0 Å². The number of nitrogens with zero attached hydrogens (tertiary/aromatic N) is 2. The molecule has 0 N–H and O–H groups in total. The van der Waals surface area contributed by atoms with Gasteiger partial charge in [0.15, 0.2) is 0 Å². The SMILES string of the molecule is CC(C)n1c(/C=C/C(C)(C)C)c(-c2ccc(F)cc2)c2ccccc21.CC(C)n1c(C=CC(C)(C)C)c(-c2ccc(F)cc2)c2ccccc21. The highest BCUT2D eigenvalue weighted by Crippen LogP contribution is 2.40. The second kappa shape index (κ2) is 14.6. The van der Waals surface area contributed by atoms with Crippen molar-refractivity contribution in [1.82, 2.24) is 9.13 Å². The second-order valence-corrected chi connectivity index (χ2v) is 15.9. The first kappa shape index (κ1) is 36.6. The average Bonchev–Trinajstić information content (AvgIpc) is 3.56. The minimum absolute atomic E-state index is 0.0956. The van der Waals surface area contributed by atoms with E-state index in [9.17, 15) is 8.78 Å². The molecule has 6 aromatic rings. The van der Waals surface area contributed by atoms with Crippen LogP contribution in [-0.2, 0) is 0 Å². The third kappa shape index (κ3) is 8.18. The van der Waals surface area contributed by atoms with Gasteiger partial charge in [-0.05, 0) is 98.2 Å². The Morgan fingerprint density at radius 3 is 1.10 bits per heavy atom. The lowest BCUT2D eigenvalue weighted by atomic mass is 9.94. The van der Waals surface area contributed by atoms with E-state index in [0.29, 0.717) is 12.1 Å². The van der Waals surface area contributed by atoms with E-state index in [2.05, 4.69) is 151 Å². The summed E-state index contributed by atoms with van der Waals surface area (Å²) in [5.74, 6) is -0.411. The molecule has 0 fully saturated rings. The lowest BCUT2D eigenvalue weighted by Gasteiger charge is -2.16. The van der Waals surface area contributed by atoms with E-state index in [4.69, 9.17) is 0 Å². The fourth-order valence-electron chi connectivity index (χ4n) is 6.50. The molecule has 0 saturated heterocycles. The molecular weight excluding hydrogens is 619 g/mol. The molecule has 2 aromatic heterocycles. The van der Waals surface area contributed by atoms with Crippen LogP contribution in [0, 0.1) is 22.5 Å². The molecule has 2 heterocycles. The summed E-state index contributed by atoms with van der Waals surface area (Å²) in [5.41, 5.74) is 9.41. The first-order chi connectivity index (χ1) is 23.6. The van der Waals surface area contributed by atoms with Crippen molar-refractivity contribution in [2.24, 2.45) is 10.8 Å². The van der Waals surface area contributed by atoms with Gasteiger partial charge in [0.2, 0.25) is 0 Å². The molecule has 0 unspecified atom stereocenters. The van der Waals surface area contributed by atoms with Gasteiger partial charge in [-0.15, -0.1) is 0 Å². The summed E-state index contributed by atoms with van der Waals surface area (Å²) in [6.07, 6.45) is 8.93. The van der Waals surface area contributed by atoms with Crippen molar-refractivity contribution in [2.75, 3.05) is 0 Å². The zero-order valence-electron chi connectivity index (χ0n) is 31.4. The monoisotopic (exact) mass is 670 g/mol. The molecule has 0 aliphatic carbocycles. The Morgan fingerprint density at radius 1 is 0.480 bits per heavy atom. The van der Waals surface area contributed by atoms with Crippen molar-refractivity contribution in [3.05, 3.63) is 132 Å². The quantitative estimate of drug-likeness (QED) is 0.167. The number of hydrogen-bond donors (Lipinski definition) is 0. The second-order valence-electron chi connectivity index (χ2n) is 15.9. The maximum atomic E-state index is 13.4. The maximum absolute atomic E-state index is 13.4. The Kier molecular flexibility index (Phi) is 10.7. The van der Waals surface area contributed by atoms with Crippen molar-refractivity contribution in [1.29, 1.82) is 0 Å². The number of hydrogen-bond acceptors (Lipinski definition) is 0. The number of benzene rings is 4. The molecule has 0 aliphatic rings. The number of rotatable bonds is 6. The van der Waals surface area contributed by atoms with Crippen molar-refractivity contribution >= 4 is 34.0 Å². The maximum Gasteiger partial charge on any atom is 0.123 e. The standard InChI is InChI=1S/2C23H26FN/c2*1-16(2)25-20-9-7-6-8-19(20)22(17-10-12-18(24)13-11-17)21(25)14-15-23(3,4)5/h2*6-16H,1-5H3/b15-14+;. The van der Waals surface area contributed by atoms with Crippen LogP contribution in [0.2, 0.25) is 0 Å². The number of halogens is 2. The molecule has 2 nitrogen and oxygen atoms in total. The summed E-state index contributed by atoms with van der Waals surface area (Å²) in [7, 11) is 0. The molecule has 0 saturated carbocycles. The normalized spacial score (nSPS) is 12.6. The van der Waals surface area contributed by atoms with E-state index in [1.54, 1.807) is 0 Å². The zero-order valence-corrected chi connectivity index (χ0v) is 31.4. The van der Waals surface area contributed by atoms with Gasteiger partial charge in [-0.3, -0.25) is 0 Å². The summed E-state index contributed by atoms with van der Waals surface area (Å²) >= 11 is 0. The summed E-state index contributed by atoms with van der Waals surface area (Å²) < 4.78 is 31.6. The molecule has 0 bridgehead atoms. The summed E-state index contributed by atoms with van der Waals surface area (Å²) in [5, 5.41) is 2.41. The molecule has 50 heavy (non-hydrogen) atoms. The Balaban J connectivity index is 0.000000194. The molecule has 6 rings (SSSR count). The van der Waals surface area contributed by atoms with Gasteiger partial charge < -0.3 is 9.13 Å². The highest BCUT2D eigenvalue weighted by Gasteiger charge is 2.20. The summed E-state index contributed by atoms with van der Waals surface area (Å²) in [4.78, 5) is 0. The number of fused-ring (bicyclic) bond motifs is 2. The summed E-state index contributed by atoms with van der Waals surface area (Å²) in [6, 6.07) is 31.2. The van der Waals surface area contributed by atoms with Crippen LogP contribution in [0.4, 0.5) is 8.78 Å². The lowest BCUT2D eigenvalue weighted by Crippen LogP contribution is -2.04. The van der Waals surface area contributed by atoms with E-state index in [1.807, 2.05) is 24.3 Å². The topological polar surface area (TPSA) is 9.86 Å². The van der Waals surface area contributed by atoms with Crippen LogP contribution < -0.4 is 0 Å². The highest BCUT2D eigenvalue weighted by molar-refractivity contribution is 6.02. The average molecular weight is 671 g/mol. The minimum atomic E-state index is -0.205. The predicted octanol–water partition coefficient (Wildman–Crippen LogP) is 14.2. The zero-order chi connectivity index (χ0) is 36.4. The molecule has 4 heteroatoms. The van der Waals surface area contributed by atoms with Gasteiger partial charge in [0, 0.05) is 56.4 Å². The van der Waals surface area contributed by atoms with Crippen LogP contribution in [0.25, 0.3) is 56.2 Å². The van der Waals surface area contributed by atoms with Crippen LogP contribution in [0.1, 0.15) is 92.7 Å². The summed E-state index contributed by atoms with van der Waals surface area (Å²) in [6.45, 7) is 22.0. The first-order valence-corrected chi connectivity index (χ1v) is 17.7. The van der Waals surface area contributed by atoms with Crippen molar-refractivity contribution in [3.63, 3.8) is 0 Å². The number of aromatic nitrogens is 2. The molecule has 0 aliphatic heterocycles. The third-order valence-electron chi connectivity index (χ3n) is 8.68. The van der Waals surface area contributed by atoms with Crippen LogP contribution in [0.5, 0.6) is 0 Å². The van der Waals surface area contributed by atoms with Crippen molar-refractivity contribution < 1.29 is 8.78 Å². The van der Waals surface area contributed by atoms with Crippen molar-refractivity contribution in [3.8, 4) is 22.3 Å². The molecule has 0 amide bonds. The van der Waals surface area contributed by atoms with E-state index in [-0.39, 0.29) is 22.5 Å². The Morgan fingerprint density at radius 2 is 0.800 bits per heavy atom. The van der Waals surface area contributed by atoms with E-state index in [1.165, 1.54) is 68.6 Å². The van der Waals surface area contributed by atoms with Crippen molar-refractivity contribution in [2.45, 2.75) is 81.3 Å². The largest absolute Gasteiger partial charge is 0.338 e. The fourth-order valence-corrected chi connectivity index (χ4v) is 6.50. The number of para-hydroxylation sites is 2. The first-order valence-electron chi connectivity index (χ1n) is 17.7. The van der Waals surface area contributed by atoms with E-state index >= 15 is 0 Å². The predicted molar refractivity (Wildman–Crippen MR) is 212 cm³/mol. The Labute approximate surface area is 297 Å². The van der Waals surface area contributed by atoms with Gasteiger partial charge in [-0.1, -0.05) is 114 Å². The molecule has 0 spiro atoms. The lowest BCUT2D eigenvalue weighted by molar-refractivity contribution is 0.546. The molecule has 260 valence electrons. The minimum Gasteiger partial charge on any atom is -0.338 e. The van der Waals surface area contributed by atoms with Gasteiger partial charge in [-0.2, -0.15) is 0 Å². The van der Waals surface area contributed by atoms with Gasteiger partial charge in [0.05, 0.1) is 0 Å². The molecule has 0 radical (unpaired) electrons. The van der Waals surface area contributed by atoms with Crippen LogP contribution in [-0.4, -0.2) is 9.13 Å². The van der Waals surface area contributed by atoms with Crippen LogP contribution >= 0.6 is 0 Å². The molecule has 4 aromatic carbocycles. The van der Waals surface area contributed by atoms with Crippen LogP contribution in [0.3, 0.4) is 0 Å². The molecular formula is C46H52F2N2. The molecule has 0 atom stereocenters. The highest BCUT2D eigenvalue weighted by atomic mass is 19.1.